The number of carbonyl (C=O) groups is 1. The molecule has 2 rings (SSSR count). The van der Waals surface area contributed by atoms with Gasteiger partial charge in [0.2, 0.25) is 0 Å². The molecule has 2 aromatic rings. The van der Waals surface area contributed by atoms with Crippen LogP contribution in [0.2, 0.25) is 0 Å². The standard InChI is InChI=1S/C22H27NO2.C4H10/c1-5-6-11-23-21-10-9-18(22(14-21)25-4)7-8-19-12-17(3)20(15-24)13-16(19)2;1-3-4-2/h7-10,12-15,23H,5-6,11H2,1-4H3;3-4H2,1-2H3/b8-7+;. The summed E-state index contributed by atoms with van der Waals surface area (Å²) in [6.07, 6.45) is 9.99. The lowest BCUT2D eigenvalue weighted by Crippen LogP contribution is -2.01. The van der Waals surface area contributed by atoms with E-state index >= 15 is 0 Å². The van der Waals surface area contributed by atoms with E-state index in [2.05, 4.69) is 50.4 Å². The maximum atomic E-state index is 11.0. The number of anilines is 1. The largest absolute Gasteiger partial charge is 0.496 e. The molecule has 0 radical (unpaired) electrons. The number of nitrogens with one attached hydrogen (secondary N) is 1. The SMILES string of the molecule is CCCC.CCCCNc1ccc(/C=C/c2cc(C)c(C=O)cc2C)c(OC)c1. The van der Waals surface area contributed by atoms with Crippen LogP contribution in [0.25, 0.3) is 12.2 Å². The molecule has 1 N–H and O–H groups in total. The highest BCUT2D eigenvalue weighted by atomic mass is 16.5. The highest BCUT2D eigenvalue weighted by Crippen LogP contribution is 2.26. The molecule has 0 aliphatic rings. The van der Waals surface area contributed by atoms with E-state index in [-0.39, 0.29) is 0 Å². The molecule has 0 fully saturated rings. The number of aldehydes is 1. The molecule has 0 saturated heterocycles. The predicted octanol–water partition coefficient (Wildman–Crippen LogP) is 7.31. The summed E-state index contributed by atoms with van der Waals surface area (Å²) in [5.41, 5.74) is 6.03. The van der Waals surface area contributed by atoms with Gasteiger partial charge < -0.3 is 10.1 Å². The third-order valence-electron chi connectivity index (χ3n) is 4.82. The first kappa shape index (κ1) is 24.5. The predicted molar refractivity (Wildman–Crippen MR) is 127 cm³/mol. The van der Waals surface area contributed by atoms with Crippen molar-refractivity contribution < 1.29 is 9.53 Å². The van der Waals surface area contributed by atoms with E-state index in [0.29, 0.717) is 0 Å². The zero-order chi connectivity index (χ0) is 21.6. The first-order valence-corrected chi connectivity index (χ1v) is 10.7. The van der Waals surface area contributed by atoms with Crippen LogP contribution >= 0.6 is 0 Å². The van der Waals surface area contributed by atoms with E-state index in [9.17, 15) is 4.79 Å². The van der Waals surface area contributed by atoms with Crippen LogP contribution in [0.5, 0.6) is 5.75 Å². The van der Waals surface area contributed by atoms with Crippen molar-refractivity contribution in [2.45, 2.75) is 60.3 Å². The van der Waals surface area contributed by atoms with E-state index in [1.807, 2.05) is 32.0 Å². The first-order valence-electron chi connectivity index (χ1n) is 10.7. The van der Waals surface area contributed by atoms with Gasteiger partial charge in [0.25, 0.3) is 0 Å². The molecule has 0 amide bonds. The molecule has 29 heavy (non-hydrogen) atoms. The molecule has 0 aliphatic heterocycles. The summed E-state index contributed by atoms with van der Waals surface area (Å²) in [6.45, 7) is 11.5. The lowest BCUT2D eigenvalue weighted by molar-refractivity contribution is 0.112. The molecular weight excluding hydrogens is 358 g/mol. The van der Waals surface area contributed by atoms with Gasteiger partial charge in [-0.1, -0.05) is 58.3 Å². The zero-order valence-electron chi connectivity index (χ0n) is 19.0. The van der Waals surface area contributed by atoms with E-state index in [1.165, 1.54) is 19.3 Å². The topological polar surface area (TPSA) is 38.3 Å². The Morgan fingerprint density at radius 1 is 0.862 bits per heavy atom. The molecule has 3 nitrogen and oxygen atoms in total. The van der Waals surface area contributed by atoms with Crippen molar-refractivity contribution in [1.29, 1.82) is 0 Å². The van der Waals surface area contributed by atoms with Gasteiger partial charge in [-0.15, -0.1) is 0 Å². The van der Waals surface area contributed by atoms with Gasteiger partial charge in [-0.2, -0.15) is 0 Å². The Morgan fingerprint density at radius 2 is 1.48 bits per heavy atom. The van der Waals surface area contributed by atoms with Crippen molar-refractivity contribution in [1.82, 2.24) is 0 Å². The maximum Gasteiger partial charge on any atom is 0.150 e. The van der Waals surface area contributed by atoms with Gasteiger partial charge in [0, 0.05) is 29.4 Å². The van der Waals surface area contributed by atoms with Crippen LogP contribution in [0.4, 0.5) is 5.69 Å². The van der Waals surface area contributed by atoms with Crippen LogP contribution in [0.3, 0.4) is 0 Å². The summed E-state index contributed by atoms with van der Waals surface area (Å²) in [5.74, 6) is 0.844. The molecule has 3 heteroatoms. The fourth-order valence-corrected chi connectivity index (χ4v) is 2.72. The van der Waals surface area contributed by atoms with Crippen LogP contribution in [-0.2, 0) is 0 Å². The van der Waals surface area contributed by atoms with Gasteiger partial charge in [-0.25, -0.2) is 0 Å². The van der Waals surface area contributed by atoms with Crippen LogP contribution in [0, 0.1) is 13.8 Å². The van der Waals surface area contributed by atoms with E-state index in [4.69, 9.17) is 4.74 Å². The lowest BCUT2D eigenvalue weighted by atomic mass is 9.99. The summed E-state index contributed by atoms with van der Waals surface area (Å²) in [6, 6.07) is 10.1. The van der Waals surface area contributed by atoms with Crippen molar-refractivity contribution in [3.8, 4) is 5.75 Å². The number of carbonyl (C=O) groups excluding carboxylic acids is 1. The summed E-state index contributed by atoms with van der Waals surface area (Å²) < 4.78 is 5.53. The van der Waals surface area contributed by atoms with Gasteiger partial charge in [-0.05, 0) is 55.2 Å². The molecule has 0 atom stereocenters. The molecule has 0 spiro atoms. The fraction of sp³-hybridized carbons (Fsp3) is 0.423. The normalized spacial score (nSPS) is 10.4. The number of benzene rings is 2. The average molecular weight is 396 g/mol. The number of hydrogen-bond donors (Lipinski definition) is 1. The second kappa shape index (κ2) is 13.6. The van der Waals surface area contributed by atoms with E-state index in [1.54, 1.807) is 7.11 Å². The van der Waals surface area contributed by atoms with Crippen LogP contribution in [0.15, 0.2) is 30.3 Å². The lowest BCUT2D eigenvalue weighted by Gasteiger charge is -2.10. The highest BCUT2D eigenvalue weighted by molar-refractivity contribution is 5.81. The zero-order valence-corrected chi connectivity index (χ0v) is 19.0. The Balaban J connectivity index is 0.000000960. The maximum absolute atomic E-state index is 11.0. The second-order valence-corrected chi connectivity index (χ2v) is 7.25. The van der Waals surface area contributed by atoms with Crippen LogP contribution in [-0.4, -0.2) is 19.9 Å². The minimum absolute atomic E-state index is 0.745. The quantitative estimate of drug-likeness (QED) is 0.275. The Labute approximate surface area is 177 Å². The van der Waals surface area contributed by atoms with Gasteiger partial charge in [-0.3, -0.25) is 4.79 Å². The Kier molecular flexibility index (Phi) is 11.5. The minimum atomic E-state index is 0.745. The molecule has 0 aromatic heterocycles. The summed E-state index contributed by atoms with van der Waals surface area (Å²) in [7, 11) is 1.69. The summed E-state index contributed by atoms with van der Waals surface area (Å²) in [5, 5.41) is 3.41. The Bertz CT molecular complexity index is 792. The van der Waals surface area contributed by atoms with Gasteiger partial charge in [0.05, 0.1) is 7.11 Å². The number of rotatable bonds is 9. The third kappa shape index (κ3) is 8.15. The average Bonchev–Trinajstić information content (AvgIpc) is 2.74. The van der Waals surface area contributed by atoms with Crippen molar-refractivity contribution in [2.75, 3.05) is 19.0 Å². The van der Waals surface area contributed by atoms with E-state index in [0.717, 1.165) is 58.5 Å². The van der Waals surface area contributed by atoms with Crippen molar-refractivity contribution >= 4 is 24.1 Å². The molecule has 0 heterocycles. The molecule has 0 unspecified atom stereocenters. The third-order valence-corrected chi connectivity index (χ3v) is 4.82. The first-order chi connectivity index (χ1) is 14.0. The molecule has 0 aliphatic carbocycles. The number of ether oxygens (including phenoxy) is 1. The van der Waals surface area contributed by atoms with Crippen molar-refractivity contribution in [2.24, 2.45) is 0 Å². The van der Waals surface area contributed by atoms with Gasteiger partial charge >= 0.3 is 0 Å². The molecular formula is C26H37NO2. The molecule has 0 saturated carbocycles. The second-order valence-electron chi connectivity index (χ2n) is 7.25. The summed E-state index contributed by atoms with van der Waals surface area (Å²) in [4.78, 5) is 11.0. The number of hydrogen-bond acceptors (Lipinski definition) is 3. The van der Waals surface area contributed by atoms with Gasteiger partial charge in [0.15, 0.2) is 0 Å². The minimum Gasteiger partial charge on any atom is -0.496 e. The van der Waals surface area contributed by atoms with E-state index < -0.39 is 0 Å². The summed E-state index contributed by atoms with van der Waals surface area (Å²) >= 11 is 0. The smallest absolute Gasteiger partial charge is 0.150 e. The number of methoxy groups -OCH3 is 1. The molecule has 158 valence electrons. The van der Waals surface area contributed by atoms with Crippen LogP contribution in [0.1, 0.15) is 79.1 Å². The van der Waals surface area contributed by atoms with Crippen LogP contribution < -0.4 is 10.1 Å². The fourth-order valence-electron chi connectivity index (χ4n) is 2.72. The number of unbranched alkanes of at least 4 members (excludes halogenated alkanes) is 2. The molecule has 0 bridgehead atoms. The monoisotopic (exact) mass is 395 g/mol. The Morgan fingerprint density at radius 3 is 2.07 bits per heavy atom. The van der Waals surface area contributed by atoms with Crippen molar-refractivity contribution in [3.05, 3.63) is 58.1 Å². The van der Waals surface area contributed by atoms with Gasteiger partial charge in [0.1, 0.15) is 12.0 Å². The van der Waals surface area contributed by atoms with Crippen molar-refractivity contribution in [3.63, 3.8) is 0 Å². The Hall–Kier alpha value is -2.55. The highest BCUT2D eigenvalue weighted by Gasteiger charge is 2.04. The molecule has 2 aromatic carbocycles. The number of aryl methyl sites for hydroxylation is 2.